The minimum atomic E-state index is -9.45. The Balaban J connectivity index is 2.16. The number of pyridine rings is 1. The largest absolute Gasteiger partial charge is 0.460 e. The van der Waals surface area contributed by atoms with Crippen LogP contribution in [0.2, 0.25) is 0 Å². The molecule has 35 heteroatoms. The Morgan fingerprint density at radius 1 is 0.257 bits per heavy atom. The molecule has 4 rings (SSSR count). The van der Waals surface area contributed by atoms with Gasteiger partial charge in [0.25, 0.3) is 0 Å². The molecule has 0 saturated heterocycles. The smallest absolute Gasteiger partial charge is 0.245 e. The van der Waals surface area contributed by atoms with Crippen LogP contribution in [0.4, 0.5) is 149 Å². The van der Waals surface area contributed by atoms with Gasteiger partial charge in [0.05, 0.1) is 0 Å². The molecule has 4 aromatic rings. The summed E-state index contributed by atoms with van der Waals surface area (Å²) in [5.74, 6) is -127. The quantitative estimate of drug-likeness (QED) is 0.0854. The molecule has 0 unspecified atom stereocenters. The highest BCUT2D eigenvalue weighted by atomic mass is 19.4. The van der Waals surface area contributed by atoms with Crippen LogP contribution < -0.4 is 0 Å². The zero-order valence-electron chi connectivity index (χ0n) is 31.6. The first-order chi connectivity index (χ1) is 30.6. The van der Waals surface area contributed by atoms with Gasteiger partial charge in [-0.05, 0) is 50.9 Å². The first-order valence-corrected chi connectivity index (χ1v) is 17.0. The van der Waals surface area contributed by atoms with Crippen LogP contribution in [0.25, 0.3) is 32.7 Å². The van der Waals surface area contributed by atoms with Crippen molar-refractivity contribution in [2.45, 2.75) is 95.3 Å². The van der Waals surface area contributed by atoms with Crippen molar-refractivity contribution in [3.63, 3.8) is 0 Å². The second-order valence-corrected chi connectivity index (χ2v) is 14.4. The Hall–Kier alpha value is -5.05. The summed E-state index contributed by atoms with van der Waals surface area (Å²) in [7, 11) is 0. The maximum absolute atomic E-state index is 15.7. The third-order valence-corrected chi connectivity index (χ3v) is 9.97. The van der Waals surface area contributed by atoms with Gasteiger partial charge in [-0.15, -0.1) is 0 Å². The number of alkyl halides is 34. The van der Waals surface area contributed by atoms with Crippen LogP contribution in [0.15, 0.2) is 66.7 Å². The molecule has 0 bridgehead atoms. The number of hydrogen-bond acceptors (Lipinski definition) is 1. The van der Waals surface area contributed by atoms with Gasteiger partial charge in [-0.25, -0.2) is 4.98 Å². The predicted molar refractivity (Wildman–Crippen MR) is 164 cm³/mol. The minimum Gasteiger partial charge on any atom is -0.245 e. The van der Waals surface area contributed by atoms with E-state index < -0.39 is 151 Å². The topological polar surface area (TPSA) is 12.9 Å². The summed E-state index contributed by atoms with van der Waals surface area (Å²) in [6.07, 6.45) is -16.5. The molecule has 0 saturated carbocycles. The van der Waals surface area contributed by atoms with E-state index in [2.05, 4.69) is 0 Å². The second kappa shape index (κ2) is 15.7. The lowest BCUT2D eigenvalue weighted by atomic mass is 9.86. The molecular weight excluding hydrogens is 1080 g/mol. The van der Waals surface area contributed by atoms with Crippen molar-refractivity contribution in [2.75, 3.05) is 0 Å². The molecule has 0 atom stereocenters. The number of halogens is 34. The molecule has 0 aliphatic carbocycles. The van der Waals surface area contributed by atoms with E-state index >= 15 is 35.1 Å². The highest BCUT2D eigenvalue weighted by molar-refractivity contribution is 6.12. The van der Waals surface area contributed by atoms with Crippen molar-refractivity contribution in [3.8, 4) is 11.1 Å². The Kier molecular flexibility index (Phi) is 12.9. The number of fused-ring (bicyclic) bond motifs is 2. The fraction of sp³-hybridized carbons (Fsp3) is 0.457. The Labute approximate surface area is 361 Å². The van der Waals surface area contributed by atoms with E-state index in [1.54, 1.807) is 0 Å². The van der Waals surface area contributed by atoms with Crippen molar-refractivity contribution in [1.29, 1.82) is 0 Å². The van der Waals surface area contributed by atoms with Gasteiger partial charge in [0, 0.05) is 0 Å². The van der Waals surface area contributed by atoms with Crippen molar-refractivity contribution in [3.05, 3.63) is 78.1 Å². The third-order valence-electron chi connectivity index (χ3n) is 9.97. The van der Waals surface area contributed by atoms with E-state index in [0.29, 0.717) is 12.1 Å². The lowest BCUT2D eigenvalue weighted by Gasteiger charge is -2.43. The zero-order chi connectivity index (χ0) is 55.1. The van der Waals surface area contributed by atoms with E-state index in [1.165, 1.54) is 4.98 Å². The first kappa shape index (κ1) is 57.5. The molecule has 0 amide bonds. The average molecular weight is 1090 g/mol. The summed E-state index contributed by atoms with van der Waals surface area (Å²) in [5, 5.41) is -2.47. The van der Waals surface area contributed by atoms with Crippen LogP contribution in [-0.4, -0.2) is 88.4 Å². The number of aromatic nitrogens is 1. The van der Waals surface area contributed by atoms with Gasteiger partial charge in [-0.3, -0.25) is 0 Å². The highest BCUT2D eigenvalue weighted by Gasteiger charge is 2.97. The summed E-state index contributed by atoms with van der Waals surface area (Å²) >= 11 is 0. The molecule has 1 heterocycles. The van der Waals surface area contributed by atoms with Gasteiger partial charge < -0.3 is 0 Å². The molecular formula is C35H11F34N. The van der Waals surface area contributed by atoms with Crippen LogP contribution in [0.3, 0.4) is 0 Å². The monoisotopic (exact) mass is 1090 g/mol. The lowest BCUT2D eigenvalue weighted by molar-refractivity contribution is -0.463. The summed E-state index contributed by atoms with van der Waals surface area (Å²) in [6.45, 7) is 0. The normalized spacial score (nSPS) is 15.9. The molecule has 0 spiro atoms. The van der Waals surface area contributed by atoms with Gasteiger partial charge in [0.1, 0.15) is 11.4 Å². The van der Waals surface area contributed by atoms with Crippen LogP contribution in [0.1, 0.15) is 11.4 Å². The van der Waals surface area contributed by atoms with Crippen LogP contribution in [-0.2, 0) is 11.8 Å². The summed E-state index contributed by atoms with van der Waals surface area (Å²) in [5.41, 5.74) is -12.0. The lowest BCUT2D eigenvalue weighted by Crippen LogP contribution is -2.74. The number of rotatable bonds is 15. The van der Waals surface area contributed by atoms with Crippen LogP contribution in [0, 0.1) is 0 Å². The molecule has 394 valence electrons. The van der Waals surface area contributed by atoms with Crippen molar-refractivity contribution < 1.29 is 149 Å². The van der Waals surface area contributed by atoms with Crippen LogP contribution >= 0.6 is 0 Å². The van der Waals surface area contributed by atoms with Gasteiger partial charge >= 0.3 is 95.3 Å². The third kappa shape index (κ3) is 7.22. The molecule has 70 heavy (non-hydrogen) atoms. The van der Waals surface area contributed by atoms with Gasteiger partial charge in [0.15, 0.2) is 0 Å². The molecule has 0 aliphatic heterocycles. The van der Waals surface area contributed by atoms with E-state index in [9.17, 15) is 114 Å². The van der Waals surface area contributed by atoms with E-state index in [-0.39, 0.29) is 0 Å². The zero-order valence-corrected chi connectivity index (χ0v) is 31.6. The fourth-order valence-electron chi connectivity index (χ4n) is 5.97. The molecule has 0 aliphatic rings. The standard InChI is InChI=1S/C35H11F34N/c36-20(37,22(40,41)24(44,45)26(48,49)28(52,53)30(56,57)32(60,61)34(64,65)66)17-10-14(19-15-7-3-1-5-12(15)9-13-6-2-4-8-16(13)19)11-18(70-17)21(38,39)23(42,43)25(46,47)27(50,51)29(54,55)31(58,59)33(62,63)35(67,68)69/h1-11H. The SMILES string of the molecule is FC(F)(F)C(F)(F)C(F)(F)C(F)(F)C(F)(F)C(F)(F)C(F)(F)C(F)(F)c1cc(-c2c3ccccc3cc3ccccc23)cc(C(F)(F)C(F)(F)C(F)(F)C(F)(F)C(F)(F)C(F)(F)C(F)(F)C(F)(F)F)n1. The molecule has 0 N–H and O–H groups in total. The minimum absolute atomic E-state index is 0.430. The van der Waals surface area contributed by atoms with Crippen LogP contribution in [0.5, 0.6) is 0 Å². The number of benzene rings is 3. The highest BCUT2D eigenvalue weighted by Crippen LogP contribution is 2.67. The second-order valence-electron chi connectivity index (χ2n) is 14.4. The van der Waals surface area contributed by atoms with Gasteiger partial charge in [0.2, 0.25) is 0 Å². The first-order valence-electron chi connectivity index (χ1n) is 17.0. The molecule has 1 nitrogen and oxygen atoms in total. The van der Waals surface area contributed by atoms with Crippen molar-refractivity contribution in [1.82, 2.24) is 4.98 Å². The van der Waals surface area contributed by atoms with Gasteiger partial charge in [-0.1, -0.05) is 48.5 Å². The van der Waals surface area contributed by atoms with E-state index in [1.807, 2.05) is 0 Å². The molecule has 1 aromatic heterocycles. The predicted octanol–water partition coefficient (Wildman–Crippen LogP) is 16.0. The Morgan fingerprint density at radius 2 is 0.486 bits per heavy atom. The molecule has 0 fully saturated rings. The number of nitrogens with zero attached hydrogens (tertiary/aromatic N) is 1. The molecule has 0 radical (unpaired) electrons. The maximum atomic E-state index is 15.7. The van der Waals surface area contributed by atoms with Crippen molar-refractivity contribution in [2.24, 2.45) is 0 Å². The summed E-state index contributed by atoms with van der Waals surface area (Å²) < 4.78 is 481. The molecule has 3 aromatic carbocycles. The summed E-state index contributed by atoms with van der Waals surface area (Å²) in [6, 6.07) is 5.13. The summed E-state index contributed by atoms with van der Waals surface area (Å²) in [4.78, 5) is 1.33. The fourth-order valence-corrected chi connectivity index (χ4v) is 5.97. The Bertz CT molecular complexity index is 2450. The Morgan fingerprint density at radius 3 is 0.743 bits per heavy atom. The maximum Gasteiger partial charge on any atom is 0.460 e. The number of hydrogen-bond donors (Lipinski definition) is 0. The van der Waals surface area contributed by atoms with E-state index in [0.717, 1.165) is 42.5 Å². The van der Waals surface area contributed by atoms with E-state index in [4.69, 9.17) is 0 Å². The van der Waals surface area contributed by atoms with Crippen molar-refractivity contribution >= 4 is 21.5 Å². The van der Waals surface area contributed by atoms with Gasteiger partial charge in [-0.2, -0.15) is 149 Å². The average Bonchev–Trinajstić information content (AvgIpc) is 3.20.